The van der Waals surface area contributed by atoms with E-state index in [4.69, 9.17) is 4.42 Å². The van der Waals surface area contributed by atoms with Crippen molar-refractivity contribution in [2.75, 3.05) is 13.1 Å². The number of rotatable bonds is 2. The van der Waals surface area contributed by atoms with E-state index in [1.54, 1.807) is 6.07 Å². The smallest absolute Gasteiger partial charge is 0.255 e. The van der Waals surface area contributed by atoms with Crippen LogP contribution in [0.1, 0.15) is 36.0 Å². The maximum Gasteiger partial charge on any atom is 0.255 e. The van der Waals surface area contributed by atoms with Crippen LogP contribution in [0.15, 0.2) is 21.4 Å². The van der Waals surface area contributed by atoms with Gasteiger partial charge in [0.2, 0.25) is 0 Å². The van der Waals surface area contributed by atoms with E-state index < -0.39 is 0 Å². The van der Waals surface area contributed by atoms with Gasteiger partial charge in [-0.15, -0.1) is 0 Å². The molecule has 0 bridgehead atoms. The first-order chi connectivity index (χ1) is 8.74. The standard InChI is InChI=1S/C13H17BrN2O2/c14-12-11(4-7-18-12)13(17)15-9-3-6-16-5-1-2-10(16)8-9/h4,7,9-10H,1-3,5-6,8H2,(H,15,17). The molecule has 3 rings (SSSR count). The van der Waals surface area contributed by atoms with Gasteiger partial charge in [0.15, 0.2) is 4.67 Å². The first-order valence-electron chi connectivity index (χ1n) is 6.52. The van der Waals surface area contributed by atoms with Crippen LogP contribution in [0.3, 0.4) is 0 Å². The van der Waals surface area contributed by atoms with Crippen molar-refractivity contribution >= 4 is 21.8 Å². The second-order valence-corrected chi connectivity index (χ2v) is 5.86. The van der Waals surface area contributed by atoms with E-state index in [1.807, 2.05) is 0 Å². The third kappa shape index (κ3) is 2.34. The molecule has 0 aliphatic carbocycles. The molecule has 0 spiro atoms. The second kappa shape index (κ2) is 5.05. The number of fused-ring (bicyclic) bond motifs is 1. The average molecular weight is 313 g/mol. The van der Waals surface area contributed by atoms with E-state index in [0.717, 1.165) is 19.4 Å². The number of nitrogens with zero attached hydrogens (tertiary/aromatic N) is 1. The van der Waals surface area contributed by atoms with Gasteiger partial charge in [-0.3, -0.25) is 4.79 Å². The molecule has 1 aromatic rings. The molecule has 0 radical (unpaired) electrons. The van der Waals surface area contributed by atoms with Crippen molar-refractivity contribution < 1.29 is 9.21 Å². The van der Waals surface area contributed by atoms with Gasteiger partial charge in [0.25, 0.3) is 5.91 Å². The number of hydrogen-bond donors (Lipinski definition) is 1. The highest BCUT2D eigenvalue weighted by Gasteiger charge is 2.32. The first kappa shape index (κ1) is 12.2. The Kier molecular flexibility index (Phi) is 3.43. The molecule has 18 heavy (non-hydrogen) atoms. The third-order valence-electron chi connectivity index (χ3n) is 4.02. The molecule has 0 aromatic carbocycles. The summed E-state index contributed by atoms with van der Waals surface area (Å²) in [7, 11) is 0. The van der Waals surface area contributed by atoms with Crippen molar-refractivity contribution in [3.63, 3.8) is 0 Å². The van der Waals surface area contributed by atoms with Crippen LogP contribution in [0.5, 0.6) is 0 Å². The summed E-state index contributed by atoms with van der Waals surface area (Å²) in [5.74, 6) is -0.0351. The Labute approximate surface area is 115 Å². The fourth-order valence-corrected chi connectivity index (χ4v) is 3.49. The summed E-state index contributed by atoms with van der Waals surface area (Å²) in [6.07, 6.45) is 6.25. The molecule has 3 heterocycles. The maximum atomic E-state index is 12.1. The summed E-state index contributed by atoms with van der Waals surface area (Å²) in [4.78, 5) is 14.6. The van der Waals surface area contributed by atoms with Gasteiger partial charge in [-0.05, 0) is 54.2 Å². The summed E-state index contributed by atoms with van der Waals surface area (Å²) in [5, 5.41) is 3.12. The zero-order valence-electron chi connectivity index (χ0n) is 10.2. The Morgan fingerprint density at radius 1 is 1.44 bits per heavy atom. The van der Waals surface area contributed by atoms with Crippen molar-refractivity contribution in [1.82, 2.24) is 10.2 Å². The molecular formula is C13H17BrN2O2. The topological polar surface area (TPSA) is 45.5 Å². The monoisotopic (exact) mass is 312 g/mol. The van der Waals surface area contributed by atoms with Crippen molar-refractivity contribution in [2.45, 2.75) is 37.8 Å². The highest BCUT2D eigenvalue weighted by atomic mass is 79.9. The molecule has 2 fully saturated rings. The molecule has 2 atom stereocenters. The molecule has 1 amide bonds. The normalized spacial score (nSPS) is 28.1. The van der Waals surface area contributed by atoms with E-state index in [9.17, 15) is 4.79 Å². The summed E-state index contributed by atoms with van der Waals surface area (Å²) >= 11 is 3.24. The van der Waals surface area contributed by atoms with E-state index in [1.165, 1.54) is 25.6 Å². The zero-order valence-corrected chi connectivity index (χ0v) is 11.8. The van der Waals surface area contributed by atoms with Gasteiger partial charge in [0.05, 0.1) is 11.8 Å². The molecule has 2 unspecified atom stereocenters. The lowest BCUT2D eigenvalue weighted by molar-refractivity contribution is 0.0894. The Morgan fingerprint density at radius 2 is 2.33 bits per heavy atom. The van der Waals surface area contributed by atoms with Gasteiger partial charge in [0, 0.05) is 18.6 Å². The Morgan fingerprint density at radius 3 is 3.11 bits per heavy atom. The summed E-state index contributed by atoms with van der Waals surface area (Å²) in [6.45, 7) is 2.35. The lowest BCUT2D eigenvalue weighted by Crippen LogP contribution is -2.47. The lowest BCUT2D eigenvalue weighted by atomic mass is 9.97. The van der Waals surface area contributed by atoms with Gasteiger partial charge in [-0.1, -0.05) is 0 Å². The fourth-order valence-electron chi connectivity index (χ4n) is 3.07. The van der Waals surface area contributed by atoms with Crippen LogP contribution in [0.2, 0.25) is 0 Å². The van der Waals surface area contributed by atoms with Crippen LogP contribution in [0, 0.1) is 0 Å². The fraction of sp³-hybridized carbons (Fsp3) is 0.615. The number of carbonyl (C=O) groups is 1. The number of nitrogens with one attached hydrogen (secondary N) is 1. The van der Waals surface area contributed by atoms with Gasteiger partial charge in [-0.25, -0.2) is 0 Å². The number of furan rings is 1. The van der Waals surface area contributed by atoms with Gasteiger partial charge in [-0.2, -0.15) is 0 Å². The van der Waals surface area contributed by atoms with E-state index in [2.05, 4.69) is 26.1 Å². The number of piperidine rings is 1. The molecule has 98 valence electrons. The SMILES string of the molecule is O=C(NC1CCN2CCCC2C1)c1ccoc1Br. The highest BCUT2D eigenvalue weighted by molar-refractivity contribution is 9.10. The Bertz CT molecular complexity index is 446. The summed E-state index contributed by atoms with van der Waals surface area (Å²) in [5.41, 5.74) is 0.587. The number of carbonyl (C=O) groups excluding carboxylic acids is 1. The van der Waals surface area contributed by atoms with Crippen molar-refractivity contribution in [2.24, 2.45) is 0 Å². The van der Waals surface area contributed by atoms with Crippen LogP contribution in [-0.2, 0) is 0 Å². The van der Waals surface area contributed by atoms with E-state index in [-0.39, 0.29) is 5.91 Å². The highest BCUT2D eigenvalue weighted by Crippen LogP contribution is 2.27. The minimum atomic E-state index is -0.0351. The number of amides is 1. The van der Waals surface area contributed by atoms with Crippen molar-refractivity contribution in [3.05, 3.63) is 22.6 Å². The Hall–Kier alpha value is -0.810. The molecule has 1 N–H and O–H groups in total. The molecule has 2 aliphatic heterocycles. The van der Waals surface area contributed by atoms with Gasteiger partial charge < -0.3 is 14.6 Å². The molecular weight excluding hydrogens is 296 g/mol. The van der Waals surface area contributed by atoms with Crippen molar-refractivity contribution in [1.29, 1.82) is 0 Å². The third-order valence-corrected chi connectivity index (χ3v) is 4.63. The van der Waals surface area contributed by atoms with Crippen LogP contribution >= 0.6 is 15.9 Å². The van der Waals surface area contributed by atoms with E-state index in [0.29, 0.717) is 22.3 Å². The predicted molar refractivity (Wildman–Crippen MR) is 71.5 cm³/mol. The minimum absolute atomic E-state index is 0.0351. The number of halogens is 1. The predicted octanol–water partition coefficient (Wildman–Crippen LogP) is 2.40. The number of hydrogen-bond acceptors (Lipinski definition) is 3. The largest absolute Gasteiger partial charge is 0.457 e. The van der Waals surface area contributed by atoms with Gasteiger partial charge in [0.1, 0.15) is 0 Å². The molecule has 4 nitrogen and oxygen atoms in total. The van der Waals surface area contributed by atoms with Crippen LogP contribution in [-0.4, -0.2) is 36.0 Å². The van der Waals surface area contributed by atoms with E-state index >= 15 is 0 Å². The molecule has 0 saturated carbocycles. The summed E-state index contributed by atoms with van der Waals surface area (Å²) < 4.78 is 5.60. The van der Waals surface area contributed by atoms with Crippen LogP contribution < -0.4 is 5.32 Å². The first-order valence-corrected chi connectivity index (χ1v) is 7.31. The molecule has 2 aliphatic rings. The maximum absolute atomic E-state index is 12.1. The Balaban J connectivity index is 1.60. The quantitative estimate of drug-likeness (QED) is 0.912. The lowest BCUT2D eigenvalue weighted by Gasteiger charge is -2.35. The average Bonchev–Trinajstić information content (AvgIpc) is 2.96. The van der Waals surface area contributed by atoms with Crippen LogP contribution in [0.25, 0.3) is 0 Å². The summed E-state index contributed by atoms with van der Waals surface area (Å²) in [6, 6.07) is 2.68. The minimum Gasteiger partial charge on any atom is -0.457 e. The van der Waals surface area contributed by atoms with Crippen molar-refractivity contribution in [3.8, 4) is 0 Å². The molecule has 5 heteroatoms. The zero-order chi connectivity index (χ0) is 12.5. The van der Waals surface area contributed by atoms with Gasteiger partial charge >= 0.3 is 0 Å². The van der Waals surface area contributed by atoms with Crippen LogP contribution in [0.4, 0.5) is 0 Å². The molecule has 2 saturated heterocycles. The molecule has 1 aromatic heterocycles. The second-order valence-electron chi connectivity index (χ2n) is 5.13.